The zero-order valence-electron chi connectivity index (χ0n) is 17.7. The van der Waals surface area contributed by atoms with Gasteiger partial charge in [-0.1, -0.05) is 0 Å². The number of aromatic nitrogens is 4. The van der Waals surface area contributed by atoms with Crippen LogP contribution in [-0.2, 0) is 4.79 Å². The highest BCUT2D eigenvalue weighted by Crippen LogP contribution is 2.68. The smallest absolute Gasteiger partial charge is 0.209 e. The number of hydrogen-bond acceptors (Lipinski definition) is 8. The molecule has 0 amide bonds. The molecule has 9 heteroatoms. The fourth-order valence-electron chi connectivity index (χ4n) is 5.10. The number of Topliss-reactive ketones (excluding diaryl/α,β-unsaturated/α-hetero) is 1. The van der Waals surface area contributed by atoms with Crippen molar-refractivity contribution < 1.29 is 15.0 Å². The molecule has 6 rings (SSSR count). The maximum atomic E-state index is 12.3. The van der Waals surface area contributed by atoms with Gasteiger partial charge in [-0.3, -0.25) is 4.79 Å². The number of aliphatic hydroxyl groups excluding tert-OH is 2. The lowest BCUT2D eigenvalue weighted by molar-refractivity contribution is -0.128. The van der Waals surface area contributed by atoms with E-state index in [1.807, 2.05) is 19.1 Å². The van der Waals surface area contributed by atoms with Crippen LogP contribution in [0.3, 0.4) is 0 Å². The normalized spacial score (nSPS) is 30.6. The van der Waals surface area contributed by atoms with E-state index in [0.29, 0.717) is 35.3 Å². The van der Waals surface area contributed by atoms with Crippen molar-refractivity contribution in [3.8, 4) is 11.8 Å². The minimum atomic E-state index is -1.08. The van der Waals surface area contributed by atoms with Crippen LogP contribution < -0.4 is 5.32 Å². The molecule has 3 aromatic heterocycles. The highest BCUT2D eigenvalue weighted by atomic mass is 32.1. The standard InChI is InChI=1S/C23H23N5O3S/c1-11-3-6-14(32-11)7-8-16-26-21(25-13-4-5-13)17-22(27-16)28(10-24-17)18-15-9-23(15,12(2)29)20(31)19(18)30/h3,6,10,13,15,18-20,30-31H,4-5,9H2,1-2H3,(H,25,26,27)/t15?,18-,19+,20?,23+/m1/s1. The summed E-state index contributed by atoms with van der Waals surface area (Å²) in [6.07, 6.45) is 2.21. The number of carbonyl (C=O) groups excluding carboxylic acids is 1. The van der Waals surface area contributed by atoms with Crippen molar-refractivity contribution >= 4 is 34.1 Å². The fraction of sp³-hybridized carbons (Fsp3) is 0.478. The fourth-order valence-corrected chi connectivity index (χ4v) is 5.82. The van der Waals surface area contributed by atoms with Gasteiger partial charge in [-0.2, -0.15) is 0 Å². The number of ketones is 1. The SMILES string of the molecule is CC(=O)[C@@]12CC1[C@@H](n1cnc3c(NC4CC4)nc(C#Cc4ccc(C)s4)nc31)[C@H](O)C2O. The van der Waals surface area contributed by atoms with Gasteiger partial charge in [0.15, 0.2) is 17.0 Å². The molecule has 0 aliphatic heterocycles. The van der Waals surface area contributed by atoms with Gasteiger partial charge < -0.3 is 20.1 Å². The largest absolute Gasteiger partial charge is 0.389 e. The van der Waals surface area contributed by atoms with Gasteiger partial charge in [-0.25, -0.2) is 15.0 Å². The van der Waals surface area contributed by atoms with E-state index in [2.05, 4.69) is 32.1 Å². The first-order valence-corrected chi connectivity index (χ1v) is 11.7. The summed E-state index contributed by atoms with van der Waals surface area (Å²) in [4.78, 5) is 28.2. The van der Waals surface area contributed by atoms with Crippen molar-refractivity contribution in [3.05, 3.63) is 34.0 Å². The van der Waals surface area contributed by atoms with E-state index in [-0.39, 0.29) is 11.7 Å². The van der Waals surface area contributed by atoms with Crippen molar-refractivity contribution in [1.82, 2.24) is 19.5 Å². The lowest BCUT2D eigenvalue weighted by atomic mass is 9.95. The van der Waals surface area contributed by atoms with Crippen molar-refractivity contribution in [3.63, 3.8) is 0 Å². The van der Waals surface area contributed by atoms with Crippen LogP contribution in [-0.4, -0.2) is 53.8 Å². The van der Waals surface area contributed by atoms with Gasteiger partial charge in [0.1, 0.15) is 11.9 Å². The van der Waals surface area contributed by atoms with E-state index in [9.17, 15) is 15.0 Å². The van der Waals surface area contributed by atoms with Crippen molar-refractivity contribution in [2.75, 3.05) is 5.32 Å². The Labute approximate surface area is 188 Å². The number of fused-ring (bicyclic) bond motifs is 2. The van der Waals surface area contributed by atoms with E-state index in [1.54, 1.807) is 22.2 Å². The third kappa shape index (κ3) is 2.90. The van der Waals surface area contributed by atoms with E-state index in [4.69, 9.17) is 0 Å². The van der Waals surface area contributed by atoms with E-state index >= 15 is 0 Å². The molecule has 8 nitrogen and oxygen atoms in total. The maximum absolute atomic E-state index is 12.3. The summed E-state index contributed by atoms with van der Waals surface area (Å²) in [6, 6.07) is 3.90. The van der Waals surface area contributed by atoms with Crippen LogP contribution in [0.25, 0.3) is 11.2 Å². The Balaban J connectivity index is 1.44. The average Bonchev–Trinajstić information content (AvgIpc) is 3.61. The third-order valence-corrected chi connectivity index (χ3v) is 7.94. The number of anilines is 1. The third-order valence-electron chi connectivity index (χ3n) is 7.03. The number of aliphatic hydroxyl groups is 2. The van der Waals surface area contributed by atoms with Crippen molar-refractivity contribution in [2.24, 2.45) is 11.3 Å². The number of rotatable bonds is 4. The molecular weight excluding hydrogens is 426 g/mol. The first-order chi connectivity index (χ1) is 15.4. The van der Waals surface area contributed by atoms with Crippen LogP contribution in [0.5, 0.6) is 0 Å². The minimum absolute atomic E-state index is 0.0792. The number of carbonyl (C=O) groups is 1. The first kappa shape index (κ1) is 19.9. The first-order valence-electron chi connectivity index (χ1n) is 10.9. The second-order valence-electron chi connectivity index (χ2n) is 9.13. The molecule has 32 heavy (non-hydrogen) atoms. The van der Waals surface area contributed by atoms with Gasteiger partial charge in [0, 0.05) is 10.9 Å². The zero-order valence-corrected chi connectivity index (χ0v) is 18.6. The lowest BCUT2D eigenvalue weighted by Gasteiger charge is -2.23. The highest BCUT2D eigenvalue weighted by molar-refractivity contribution is 7.12. The van der Waals surface area contributed by atoms with Crippen molar-refractivity contribution in [2.45, 2.75) is 57.4 Å². The van der Waals surface area contributed by atoms with Gasteiger partial charge in [-0.05, 0) is 63.0 Å². The Bertz CT molecular complexity index is 1320. The number of thiophene rings is 1. The number of imidazole rings is 1. The van der Waals surface area contributed by atoms with Crippen LogP contribution >= 0.6 is 11.3 Å². The van der Waals surface area contributed by atoms with Crippen LogP contribution in [0.15, 0.2) is 18.5 Å². The van der Waals surface area contributed by atoms with Gasteiger partial charge in [0.25, 0.3) is 0 Å². The maximum Gasteiger partial charge on any atom is 0.209 e. The number of nitrogens with one attached hydrogen (secondary N) is 1. The van der Waals surface area contributed by atoms with Gasteiger partial charge >= 0.3 is 0 Å². The quantitative estimate of drug-likeness (QED) is 0.523. The molecule has 2 unspecified atom stereocenters. The summed E-state index contributed by atoms with van der Waals surface area (Å²) in [6.45, 7) is 3.53. The number of nitrogens with zero attached hydrogens (tertiary/aromatic N) is 4. The molecule has 0 radical (unpaired) electrons. The second kappa shape index (κ2) is 6.85. The zero-order chi connectivity index (χ0) is 22.2. The summed E-state index contributed by atoms with van der Waals surface area (Å²) in [5.41, 5.74) is 0.303. The molecule has 0 spiro atoms. The number of hydrogen-bond donors (Lipinski definition) is 3. The minimum Gasteiger partial charge on any atom is -0.389 e. The molecular formula is C23H23N5O3S. The molecule has 0 aromatic carbocycles. The summed E-state index contributed by atoms with van der Waals surface area (Å²) < 4.78 is 1.80. The van der Waals surface area contributed by atoms with Gasteiger partial charge in [0.05, 0.1) is 28.8 Å². The van der Waals surface area contributed by atoms with Crippen molar-refractivity contribution in [1.29, 1.82) is 0 Å². The van der Waals surface area contributed by atoms with Gasteiger partial charge in [-0.15, -0.1) is 11.3 Å². The molecule has 0 bridgehead atoms. The Morgan fingerprint density at radius 3 is 2.75 bits per heavy atom. The summed E-state index contributed by atoms with van der Waals surface area (Å²) in [5.74, 6) is 6.98. The Morgan fingerprint density at radius 1 is 1.28 bits per heavy atom. The molecule has 164 valence electrons. The topological polar surface area (TPSA) is 113 Å². The molecule has 3 N–H and O–H groups in total. The molecule has 3 aliphatic rings. The molecule has 3 heterocycles. The van der Waals surface area contributed by atoms with E-state index in [0.717, 1.165) is 17.7 Å². The van der Waals surface area contributed by atoms with Gasteiger partial charge in [0.2, 0.25) is 5.82 Å². The molecule has 3 saturated carbocycles. The molecule has 3 fully saturated rings. The number of aryl methyl sites for hydroxylation is 1. The van der Waals surface area contributed by atoms with E-state index in [1.165, 1.54) is 11.8 Å². The van der Waals surface area contributed by atoms with Crippen LogP contribution in [0.4, 0.5) is 5.82 Å². The summed E-state index contributed by atoms with van der Waals surface area (Å²) >= 11 is 1.61. The average molecular weight is 450 g/mol. The predicted molar refractivity (Wildman–Crippen MR) is 119 cm³/mol. The lowest BCUT2D eigenvalue weighted by Crippen LogP contribution is -2.36. The van der Waals surface area contributed by atoms with Crippen LogP contribution in [0, 0.1) is 30.1 Å². The molecule has 3 aromatic rings. The highest BCUT2D eigenvalue weighted by Gasteiger charge is 2.74. The van der Waals surface area contributed by atoms with E-state index < -0.39 is 23.7 Å². The second-order valence-corrected chi connectivity index (χ2v) is 10.4. The monoisotopic (exact) mass is 449 g/mol. The Morgan fingerprint density at radius 2 is 2.09 bits per heavy atom. The van der Waals surface area contributed by atoms with Crippen LogP contribution in [0.2, 0.25) is 0 Å². The van der Waals surface area contributed by atoms with Crippen LogP contribution in [0.1, 0.15) is 47.8 Å². The Kier molecular flexibility index (Phi) is 4.25. The molecule has 3 aliphatic carbocycles. The summed E-state index contributed by atoms with van der Waals surface area (Å²) in [5, 5.41) is 24.9. The molecule has 5 atom stereocenters. The summed E-state index contributed by atoms with van der Waals surface area (Å²) in [7, 11) is 0. The Hall–Kier alpha value is -2.80. The predicted octanol–water partition coefficient (Wildman–Crippen LogP) is 2.04. The molecule has 0 saturated heterocycles.